The Morgan fingerprint density at radius 1 is 1.07 bits per heavy atom. The van der Waals surface area contributed by atoms with Crippen molar-refractivity contribution in [1.29, 1.82) is 0 Å². The number of benzene rings is 2. The van der Waals surface area contributed by atoms with E-state index in [1.54, 1.807) is 43.4 Å². The molecule has 0 saturated heterocycles. The number of nitrogens with zero attached hydrogens (tertiary/aromatic N) is 2. The van der Waals surface area contributed by atoms with E-state index in [1.165, 1.54) is 12.1 Å². The SMILES string of the molecule is CNc1nc(C(N)=O)c(NC(=O)c2cc(-c3ccc(F)cc3)nc3ccccc23)s1. The van der Waals surface area contributed by atoms with Gasteiger partial charge in [-0.25, -0.2) is 14.4 Å². The van der Waals surface area contributed by atoms with Crippen LogP contribution in [0, 0.1) is 5.82 Å². The van der Waals surface area contributed by atoms with Gasteiger partial charge in [-0.2, -0.15) is 0 Å². The number of pyridine rings is 1. The lowest BCUT2D eigenvalue weighted by atomic mass is 10.0. The summed E-state index contributed by atoms with van der Waals surface area (Å²) in [7, 11) is 1.65. The maximum absolute atomic E-state index is 13.3. The molecular formula is C21H16FN5O2S. The van der Waals surface area contributed by atoms with Crippen LogP contribution < -0.4 is 16.4 Å². The molecule has 0 radical (unpaired) electrons. The summed E-state index contributed by atoms with van der Waals surface area (Å²) >= 11 is 1.11. The van der Waals surface area contributed by atoms with Gasteiger partial charge in [0.1, 0.15) is 10.8 Å². The summed E-state index contributed by atoms with van der Waals surface area (Å²) in [6.07, 6.45) is 0. The second-order valence-electron chi connectivity index (χ2n) is 6.34. The fourth-order valence-electron chi connectivity index (χ4n) is 2.98. The van der Waals surface area contributed by atoms with Gasteiger partial charge in [0.2, 0.25) is 0 Å². The number of primary amides is 1. The molecule has 0 aliphatic heterocycles. The molecule has 0 saturated carbocycles. The summed E-state index contributed by atoms with van der Waals surface area (Å²) in [6, 6.07) is 14.7. The van der Waals surface area contributed by atoms with Crippen LogP contribution in [0.5, 0.6) is 0 Å². The van der Waals surface area contributed by atoms with Crippen LogP contribution in [0.2, 0.25) is 0 Å². The predicted molar refractivity (Wildman–Crippen MR) is 115 cm³/mol. The lowest BCUT2D eigenvalue weighted by molar-refractivity contribution is 0.0997. The van der Waals surface area contributed by atoms with Gasteiger partial charge in [-0.05, 0) is 36.4 Å². The molecule has 0 aliphatic rings. The molecule has 9 heteroatoms. The van der Waals surface area contributed by atoms with Gasteiger partial charge in [0.05, 0.1) is 16.8 Å². The Labute approximate surface area is 174 Å². The number of fused-ring (bicyclic) bond motifs is 1. The Bertz CT molecular complexity index is 1270. The number of nitrogens with one attached hydrogen (secondary N) is 2. The highest BCUT2D eigenvalue weighted by Crippen LogP contribution is 2.30. The van der Waals surface area contributed by atoms with Gasteiger partial charge < -0.3 is 16.4 Å². The van der Waals surface area contributed by atoms with E-state index in [2.05, 4.69) is 20.6 Å². The van der Waals surface area contributed by atoms with Crippen molar-refractivity contribution in [1.82, 2.24) is 9.97 Å². The van der Waals surface area contributed by atoms with Crippen LogP contribution in [0.4, 0.5) is 14.5 Å². The van der Waals surface area contributed by atoms with Crippen LogP contribution in [0.1, 0.15) is 20.8 Å². The standard InChI is InChI=1S/C21H16FN5O2S/c1-24-21-26-17(18(23)28)20(30-21)27-19(29)14-10-16(11-6-8-12(22)9-7-11)25-15-5-3-2-4-13(14)15/h2-10H,1H3,(H2,23,28)(H,24,26)(H,27,29). The molecular weight excluding hydrogens is 405 g/mol. The molecule has 0 atom stereocenters. The van der Waals surface area contributed by atoms with Crippen molar-refractivity contribution < 1.29 is 14.0 Å². The van der Waals surface area contributed by atoms with E-state index in [1.807, 2.05) is 6.07 Å². The minimum Gasteiger partial charge on any atom is -0.365 e. The molecule has 0 unspecified atom stereocenters. The molecule has 0 fully saturated rings. The van der Waals surface area contributed by atoms with E-state index < -0.39 is 11.8 Å². The van der Waals surface area contributed by atoms with Gasteiger partial charge >= 0.3 is 0 Å². The summed E-state index contributed by atoms with van der Waals surface area (Å²) in [4.78, 5) is 33.5. The zero-order valence-electron chi connectivity index (χ0n) is 15.8. The number of amides is 2. The second kappa shape index (κ2) is 7.88. The van der Waals surface area contributed by atoms with Crippen LogP contribution in [0.25, 0.3) is 22.2 Å². The molecule has 2 aromatic carbocycles. The van der Waals surface area contributed by atoms with Gasteiger partial charge in [-0.15, -0.1) is 0 Å². The number of carbonyl (C=O) groups excluding carboxylic acids is 2. The largest absolute Gasteiger partial charge is 0.365 e. The number of nitrogens with two attached hydrogens (primary N) is 1. The van der Waals surface area contributed by atoms with Gasteiger partial charge in [0.15, 0.2) is 10.8 Å². The number of hydrogen-bond donors (Lipinski definition) is 3. The number of hydrogen-bond acceptors (Lipinski definition) is 6. The summed E-state index contributed by atoms with van der Waals surface area (Å²) < 4.78 is 13.3. The summed E-state index contributed by atoms with van der Waals surface area (Å²) in [5, 5.41) is 6.90. The maximum atomic E-state index is 13.3. The van der Waals surface area contributed by atoms with Crippen LogP contribution in [0.3, 0.4) is 0 Å². The van der Waals surface area contributed by atoms with E-state index in [9.17, 15) is 14.0 Å². The van der Waals surface area contributed by atoms with E-state index >= 15 is 0 Å². The lowest BCUT2D eigenvalue weighted by Gasteiger charge is -2.10. The second-order valence-corrected chi connectivity index (χ2v) is 7.34. The minimum atomic E-state index is -0.741. The molecule has 2 amide bonds. The number of aromatic nitrogens is 2. The Hall–Kier alpha value is -3.85. The van der Waals surface area contributed by atoms with Crippen molar-refractivity contribution in [2.45, 2.75) is 0 Å². The Morgan fingerprint density at radius 3 is 2.50 bits per heavy atom. The third-order valence-corrected chi connectivity index (χ3v) is 5.39. The van der Waals surface area contributed by atoms with Gasteiger partial charge in [-0.3, -0.25) is 9.59 Å². The van der Waals surface area contributed by atoms with E-state index in [-0.39, 0.29) is 16.5 Å². The predicted octanol–water partition coefficient (Wildman–Crippen LogP) is 3.89. The van der Waals surface area contributed by atoms with Crippen molar-refractivity contribution in [2.75, 3.05) is 17.7 Å². The minimum absolute atomic E-state index is 0.0187. The zero-order chi connectivity index (χ0) is 21.3. The molecule has 4 N–H and O–H groups in total. The van der Waals surface area contributed by atoms with Crippen molar-refractivity contribution in [3.8, 4) is 11.3 Å². The highest BCUT2D eigenvalue weighted by molar-refractivity contribution is 7.20. The third-order valence-electron chi connectivity index (χ3n) is 4.40. The van der Waals surface area contributed by atoms with Crippen LogP contribution in [-0.2, 0) is 0 Å². The fourth-order valence-corrected chi connectivity index (χ4v) is 3.80. The Balaban J connectivity index is 1.80. The number of rotatable bonds is 5. The van der Waals surface area contributed by atoms with Crippen LogP contribution in [0.15, 0.2) is 54.6 Å². The average molecular weight is 421 g/mol. The quantitative estimate of drug-likeness (QED) is 0.453. The molecule has 150 valence electrons. The number of carbonyl (C=O) groups is 2. The van der Waals surface area contributed by atoms with Gasteiger partial charge in [0.25, 0.3) is 11.8 Å². The van der Waals surface area contributed by atoms with Crippen LogP contribution in [-0.4, -0.2) is 28.8 Å². The van der Waals surface area contributed by atoms with Crippen molar-refractivity contribution in [3.63, 3.8) is 0 Å². The Kier molecular flexibility index (Phi) is 5.11. The van der Waals surface area contributed by atoms with Gasteiger partial charge in [-0.1, -0.05) is 29.5 Å². The molecule has 2 aromatic heterocycles. The molecule has 30 heavy (non-hydrogen) atoms. The first kappa shape index (κ1) is 19.5. The number of para-hydroxylation sites is 1. The summed E-state index contributed by atoms with van der Waals surface area (Å²) in [5.74, 6) is -1.54. The number of thiazole rings is 1. The highest BCUT2D eigenvalue weighted by atomic mass is 32.1. The third kappa shape index (κ3) is 3.70. The molecule has 7 nitrogen and oxygen atoms in total. The summed E-state index contributed by atoms with van der Waals surface area (Å²) in [5.41, 5.74) is 7.53. The summed E-state index contributed by atoms with van der Waals surface area (Å²) in [6.45, 7) is 0. The lowest BCUT2D eigenvalue weighted by Crippen LogP contribution is -2.18. The van der Waals surface area contributed by atoms with Crippen molar-refractivity contribution in [3.05, 3.63) is 71.7 Å². The molecule has 0 bridgehead atoms. The fraction of sp³-hybridized carbons (Fsp3) is 0.0476. The molecule has 0 aliphatic carbocycles. The van der Waals surface area contributed by atoms with Crippen molar-refractivity contribution >= 4 is 44.2 Å². The smallest absolute Gasteiger partial charge is 0.270 e. The molecule has 0 spiro atoms. The molecule has 4 aromatic rings. The van der Waals surface area contributed by atoms with Crippen molar-refractivity contribution in [2.24, 2.45) is 5.73 Å². The molecule has 2 heterocycles. The monoisotopic (exact) mass is 421 g/mol. The normalized spacial score (nSPS) is 10.7. The number of anilines is 2. The van der Waals surface area contributed by atoms with E-state index in [4.69, 9.17) is 5.73 Å². The first-order valence-corrected chi connectivity index (χ1v) is 9.73. The van der Waals surface area contributed by atoms with E-state index in [0.717, 1.165) is 11.3 Å². The van der Waals surface area contributed by atoms with Gasteiger partial charge in [0, 0.05) is 18.0 Å². The van der Waals surface area contributed by atoms with E-state index in [0.29, 0.717) is 32.9 Å². The zero-order valence-corrected chi connectivity index (χ0v) is 16.6. The topological polar surface area (TPSA) is 110 Å². The van der Waals surface area contributed by atoms with Crippen LogP contribution >= 0.6 is 11.3 Å². The first-order chi connectivity index (χ1) is 14.5. The number of halogens is 1. The first-order valence-electron chi connectivity index (χ1n) is 8.91. The Morgan fingerprint density at radius 2 is 1.80 bits per heavy atom. The molecule has 4 rings (SSSR count). The maximum Gasteiger partial charge on any atom is 0.270 e. The average Bonchev–Trinajstić information content (AvgIpc) is 3.16. The highest BCUT2D eigenvalue weighted by Gasteiger charge is 2.20.